The Morgan fingerprint density at radius 3 is 3.00 bits per heavy atom. The molecule has 2 aromatic rings. The molecule has 0 radical (unpaired) electrons. The summed E-state index contributed by atoms with van der Waals surface area (Å²) in [5, 5.41) is 10.2. The SMILES string of the molecule is COC(=O)c1cccc([C@H]2C[C@H](O)c3ccc(F)nc3O2)c1. The van der Waals surface area contributed by atoms with E-state index in [0.717, 1.165) is 0 Å². The third-order valence-electron chi connectivity index (χ3n) is 3.59. The monoisotopic (exact) mass is 303 g/mol. The van der Waals surface area contributed by atoms with Crippen LogP contribution in [0.15, 0.2) is 36.4 Å². The molecule has 0 spiro atoms. The third-order valence-corrected chi connectivity index (χ3v) is 3.59. The number of hydrogen-bond donors (Lipinski definition) is 1. The average molecular weight is 303 g/mol. The number of fused-ring (bicyclic) bond motifs is 1. The van der Waals surface area contributed by atoms with Gasteiger partial charge in [-0.3, -0.25) is 0 Å². The van der Waals surface area contributed by atoms with Crippen molar-refractivity contribution in [1.29, 1.82) is 0 Å². The molecule has 1 aromatic carbocycles. The highest BCUT2D eigenvalue weighted by molar-refractivity contribution is 5.89. The van der Waals surface area contributed by atoms with Crippen LogP contribution in [0.3, 0.4) is 0 Å². The van der Waals surface area contributed by atoms with E-state index in [2.05, 4.69) is 9.72 Å². The lowest BCUT2D eigenvalue weighted by Gasteiger charge is -2.29. The largest absolute Gasteiger partial charge is 0.469 e. The lowest BCUT2D eigenvalue weighted by Crippen LogP contribution is -2.20. The van der Waals surface area contributed by atoms with E-state index < -0.39 is 24.1 Å². The van der Waals surface area contributed by atoms with Crippen LogP contribution in [-0.4, -0.2) is 23.2 Å². The molecular weight excluding hydrogens is 289 g/mol. The van der Waals surface area contributed by atoms with Gasteiger partial charge in [-0.05, 0) is 29.8 Å². The molecular formula is C16H14FNO4. The van der Waals surface area contributed by atoms with E-state index in [1.807, 2.05) is 0 Å². The summed E-state index contributed by atoms with van der Waals surface area (Å²) in [5.41, 5.74) is 1.54. The minimum Gasteiger partial charge on any atom is -0.469 e. The van der Waals surface area contributed by atoms with Crippen LogP contribution in [0.1, 0.15) is 40.1 Å². The predicted octanol–water partition coefficient (Wildman–Crippen LogP) is 2.56. The second-order valence-electron chi connectivity index (χ2n) is 5.00. The van der Waals surface area contributed by atoms with Crippen molar-refractivity contribution in [2.45, 2.75) is 18.6 Å². The maximum absolute atomic E-state index is 13.2. The Morgan fingerprint density at radius 1 is 1.41 bits per heavy atom. The Bertz CT molecular complexity index is 719. The molecule has 0 saturated carbocycles. The lowest BCUT2D eigenvalue weighted by molar-refractivity contribution is 0.0591. The second-order valence-corrected chi connectivity index (χ2v) is 5.00. The summed E-state index contributed by atoms with van der Waals surface area (Å²) < 4.78 is 23.6. The fourth-order valence-electron chi connectivity index (χ4n) is 2.48. The number of aliphatic hydroxyl groups excluding tert-OH is 1. The van der Waals surface area contributed by atoms with Gasteiger partial charge in [0.25, 0.3) is 0 Å². The van der Waals surface area contributed by atoms with Crippen molar-refractivity contribution in [1.82, 2.24) is 4.98 Å². The molecule has 1 aliphatic heterocycles. The summed E-state index contributed by atoms with van der Waals surface area (Å²) in [6.07, 6.45) is -1.02. The van der Waals surface area contributed by atoms with Crippen molar-refractivity contribution < 1.29 is 23.8 Å². The van der Waals surface area contributed by atoms with Gasteiger partial charge in [0.05, 0.1) is 18.8 Å². The minimum atomic E-state index is -0.802. The van der Waals surface area contributed by atoms with Crippen LogP contribution in [0.4, 0.5) is 4.39 Å². The number of esters is 1. The van der Waals surface area contributed by atoms with E-state index in [9.17, 15) is 14.3 Å². The molecule has 0 saturated heterocycles. The highest BCUT2D eigenvalue weighted by Gasteiger charge is 2.29. The summed E-state index contributed by atoms with van der Waals surface area (Å²) in [6, 6.07) is 9.38. The molecule has 1 aliphatic rings. The normalized spacial score (nSPS) is 20.0. The summed E-state index contributed by atoms with van der Waals surface area (Å²) >= 11 is 0. The number of benzene rings is 1. The van der Waals surface area contributed by atoms with E-state index in [4.69, 9.17) is 4.74 Å². The zero-order valence-corrected chi connectivity index (χ0v) is 11.8. The molecule has 1 N–H and O–H groups in total. The molecule has 114 valence electrons. The molecule has 0 bridgehead atoms. The molecule has 2 atom stereocenters. The first-order chi connectivity index (χ1) is 10.6. The molecule has 6 heteroatoms. The number of hydrogen-bond acceptors (Lipinski definition) is 5. The first-order valence-corrected chi connectivity index (χ1v) is 6.78. The van der Waals surface area contributed by atoms with Crippen molar-refractivity contribution in [2.75, 3.05) is 7.11 Å². The highest BCUT2D eigenvalue weighted by Crippen LogP contribution is 2.39. The summed E-state index contributed by atoms with van der Waals surface area (Å²) in [4.78, 5) is 15.3. The van der Waals surface area contributed by atoms with Gasteiger partial charge in [-0.1, -0.05) is 12.1 Å². The molecule has 0 aliphatic carbocycles. The number of nitrogens with zero attached hydrogens (tertiary/aromatic N) is 1. The Kier molecular flexibility index (Phi) is 3.77. The number of halogens is 1. The van der Waals surface area contributed by atoms with Crippen molar-refractivity contribution >= 4 is 5.97 Å². The van der Waals surface area contributed by atoms with Gasteiger partial charge in [-0.25, -0.2) is 4.79 Å². The molecule has 2 heterocycles. The molecule has 0 amide bonds. The molecule has 5 nitrogen and oxygen atoms in total. The number of methoxy groups -OCH3 is 1. The summed E-state index contributed by atoms with van der Waals surface area (Å²) in [6.45, 7) is 0. The average Bonchev–Trinajstić information content (AvgIpc) is 2.53. The van der Waals surface area contributed by atoms with Crippen molar-refractivity contribution in [3.8, 4) is 5.88 Å². The summed E-state index contributed by atoms with van der Waals surface area (Å²) in [7, 11) is 1.30. The number of aliphatic hydroxyl groups is 1. The van der Waals surface area contributed by atoms with Crippen molar-refractivity contribution in [2.24, 2.45) is 0 Å². The zero-order valence-electron chi connectivity index (χ0n) is 11.8. The van der Waals surface area contributed by atoms with E-state index in [0.29, 0.717) is 23.1 Å². The number of carbonyl (C=O) groups excluding carboxylic acids is 1. The molecule has 0 fully saturated rings. The second kappa shape index (κ2) is 5.73. The number of carbonyl (C=O) groups is 1. The van der Waals surface area contributed by atoms with Gasteiger partial charge in [-0.15, -0.1) is 0 Å². The van der Waals surface area contributed by atoms with E-state index in [1.54, 1.807) is 24.3 Å². The minimum absolute atomic E-state index is 0.0761. The number of ether oxygens (including phenoxy) is 2. The Hall–Kier alpha value is -2.47. The van der Waals surface area contributed by atoms with Gasteiger partial charge < -0.3 is 14.6 Å². The maximum Gasteiger partial charge on any atom is 0.337 e. The molecule has 1 aromatic heterocycles. The fraction of sp³-hybridized carbons (Fsp3) is 0.250. The van der Waals surface area contributed by atoms with Gasteiger partial charge in [0.15, 0.2) is 0 Å². The smallest absolute Gasteiger partial charge is 0.337 e. The van der Waals surface area contributed by atoms with Crippen LogP contribution >= 0.6 is 0 Å². The van der Waals surface area contributed by atoms with Crippen LogP contribution < -0.4 is 4.74 Å². The fourth-order valence-corrected chi connectivity index (χ4v) is 2.48. The van der Waals surface area contributed by atoms with Crippen LogP contribution in [0.25, 0.3) is 0 Å². The van der Waals surface area contributed by atoms with Gasteiger partial charge in [0.2, 0.25) is 11.8 Å². The van der Waals surface area contributed by atoms with Crippen molar-refractivity contribution in [3.63, 3.8) is 0 Å². The van der Waals surface area contributed by atoms with Gasteiger partial charge in [0, 0.05) is 12.0 Å². The van der Waals surface area contributed by atoms with Gasteiger partial charge in [0.1, 0.15) is 6.10 Å². The topological polar surface area (TPSA) is 68.7 Å². The van der Waals surface area contributed by atoms with Crippen molar-refractivity contribution in [3.05, 3.63) is 59.0 Å². The number of pyridine rings is 1. The van der Waals surface area contributed by atoms with Crippen LogP contribution in [0.5, 0.6) is 5.88 Å². The standard InChI is InChI=1S/C16H14FNO4/c1-21-16(20)10-4-2-3-9(7-10)13-8-12(19)11-5-6-14(17)18-15(11)22-13/h2-7,12-13,19H,8H2,1H3/t12-,13+/m0/s1. The van der Waals surface area contributed by atoms with Gasteiger partial charge in [-0.2, -0.15) is 9.37 Å². The van der Waals surface area contributed by atoms with Crippen LogP contribution in [0.2, 0.25) is 0 Å². The third kappa shape index (κ3) is 2.65. The van der Waals surface area contributed by atoms with E-state index >= 15 is 0 Å². The van der Waals surface area contributed by atoms with Crippen LogP contribution in [0, 0.1) is 5.95 Å². The first kappa shape index (κ1) is 14.5. The molecule has 0 unspecified atom stereocenters. The highest BCUT2D eigenvalue weighted by atomic mass is 19.1. The summed E-state index contributed by atoms with van der Waals surface area (Å²) in [5.74, 6) is -1.05. The quantitative estimate of drug-likeness (QED) is 0.682. The van der Waals surface area contributed by atoms with E-state index in [1.165, 1.54) is 19.2 Å². The van der Waals surface area contributed by atoms with Gasteiger partial charge >= 0.3 is 5.97 Å². The first-order valence-electron chi connectivity index (χ1n) is 6.78. The number of rotatable bonds is 2. The zero-order chi connectivity index (χ0) is 15.7. The van der Waals surface area contributed by atoms with Crippen LogP contribution in [-0.2, 0) is 4.74 Å². The Balaban J connectivity index is 1.92. The Labute approximate surface area is 126 Å². The Morgan fingerprint density at radius 2 is 2.23 bits per heavy atom. The lowest BCUT2D eigenvalue weighted by atomic mass is 9.95. The maximum atomic E-state index is 13.2. The van der Waals surface area contributed by atoms with E-state index in [-0.39, 0.29) is 5.88 Å². The number of aromatic nitrogens is 1. The molecule has 22 heavy (non-hydrogen) atoms. The molecule has 3 rings (SSSR count). The predicted molar refractivity (Wildman–Crippen MR) is 74.9 cm³/mol.